The monoisotopic (exact) mass is 191 g/mol. The van der Waals surface area contributed by atoms with Crippen LogP contribution < -0.4 is 5.73 Å². The second-order valence-electron chi connectivity index (χ2n) is 4.02. The van der Waals surface area contributed by atoms with E-state index in [2.05, 4.69) is 51.1 Å². The minimum absolute atomic E-state index is 0.154. The zero-order chi connectivity index (χ0) is 10.6. The summed E-state index contributed by atoms with van der Waals surface area (Å²) >= 11 is 0. The molecule has 0 heterocycles. The summed E-state index contributed by atoms with van der Waals surface area (Å²) in [6, 6.07) is 10.8. The molecule has 1 aromatic carbocycles. The lowest BCUT2D eigenvalue weighted by molar-refractivity contribution is 0.333. The minimum atomic E-state index is 0.154. The van der Waals surface area contributed by atoms with Crippen molar-refractivity contribution in [3.8, 4) is 0 Å². The topological polar surface area (TPSA) is 26.0 Å². The Kier molecular flexibility index (Phi) is 3.70. The molecule has 0 unspecified atom stereocenters. The summed E-state index contributed by atoms with van der Waals surface area (Å²) in [5, 5.41) is 0. The van der Waals surface area contributed by atoms with Crippen molar-refractivity contribution in [2.75, 3.05) is 0 Å². The minimum Gasteiger partial charge on any atom is -0.327 e. The van der Waals surface area contributed by atoms with Crippen LogP contribution in [0, 0.1) is 0 Å². The van der Waals surface area contributed by atoms with Crippen LogP contribution in [0.15, 0.2) is 30.3 Å². The van der Waals surface area contributed by atoms with Crippen LogP contribution in [-0.2, 0) is 5.41 Å². The fraction of sp³-hybridized carbons (Fsp3) is 0.538. The molecule has 1 aromatic rings. The van der Waals surface area contributed by atoms with Crippen molar-refractivity contribution < 1.29 is 0 Å². The maximum atomic E-state index is 6.12. The van der Waals surface area contributed by atoms with Gasteiger partial charge < -0.3 is 5.73 Å². The second-order valence-corrected chi connectivity index (χ2v) is 4.02. The molecule has 0 aliphatic carbocycles. The second kappa shape index (κ2) is 4.61. The maximum Gasteiger partial charge on any atom is 0.0108 e. The third-order valence-electron chi connectivity index (χ3n) is 3.48. The summed E-state index contributed by atoms with van der Waals surface area (Å²) in [5.74, 6) is 0. The molecule has 0 fully saturated rings. The van der Waals surface area contributed by atoms with Gasteiger partial charge >= 0.3 is 0 Å². The number of hydrogen-bond acceptors (Lipinski definition) is 1. The average Bonchev–Trinajstić information content (AvgIpc) is 2.22. The Morgan fingerprint density at radius 1 is 1.14 bits per heavy atom. The highest BCUT2D eigenvalue weighted by Crippen LogP contribution is 2.33. The molecule has 78 valence electrons. The summed E-state index contributed by atoms with van der Waals surface area (Å²) in [6.45, 7) is 6.56. The largest absolute Gasteiger partial charge is 0.327 e. The van der Waals surface area contributed by atoms with E-state index in [0.29, 0.717) is 0 Å². The fourth-order valence-corrected chi connectivity index (χ4v) is 2.34. The first-order valence-corrected chi connectivity index (χ1v) is 5.48. The van der Waals surface area contributed by atoms with Crippen molar-refractivity contribution >= 4 is 0 Å². The molecule has 0 saturated carbocycles. The Morgan fingerprint density at radius 2 is 1.64 bits per heavy atom. The molecule has 0 aromatic heterocycles. The van der Waals surface area contributed by atoms with Gasteiger partial charge in [-0.2, -0.15) is 0 Å². The molecule has 2 N–H and O–H groups in total. The van der Waals surface area contributed by atoms with Crippen LogP contribution in [0.25, 0.3) is 0 Å². The lowest BCUT2D eigenvalue weighted by atomic mass is 9.71. The van der Waals surface area contributed by atoms with E-state index in [1.54, 1.807) is 0 Å². The molecule has 0 spiro atoms. The quantitative estimate of drug-likeness (QED) is 0.777. The molecule has 1 nitrogen and oxygen atoms in total. The van der Waals surface area contributed by atoms with Crippen molar-refractivity contribution in [1.82, 2.24) is 0 Å². The van der Waals surface area contributed by atoms with Crippen LogP contribution in [0.3, 0.4) is 0 Å². The van der Waals surface area contributed by atoms with Crippen molar-refractivity contribution in [1.29, 1.82) is 0 Å². The summed E-state index contributed by atoms with van der Waals surface area (Å²) in [5.41, 5.74) is 7.65. The molecule has 14 heavy (non-hydrogen) atoms. The molecule has 1 rings (SSSR count). The Bertz CT molecular complexity index is 260. The molecule has 0 aliphatic heterocycles. The van der Waals surface area contributed by atoms with Gasteiger partial charge in [-0.25, -0.2) is 0 Å². The van der Waals surface area contributed by atoms with Crippen LogP contribution in [0.5, 0.6) is 0 Å². The molecule has 0 saturated heterocycles. The zero-order valence-corrected chi connectivity index (χ0v) is 9.46. The van der Waals surface area contributed by atoms with Gasteiger partial charge in [0.05, 0.1) is 0 Å². The normalized spacial score (nSPS) is 14.0. The van der Waals surface area contributed by atoms with E-state index in [9.17, 15) is 0 Å². The fourth-order valence-electron chi connectivity index (χ4n) is 2.34. The highest BCUT2D eigenvalue weighted by atomic mass is 14.7. The van der Waals surface area contributed by atoms with E-state index in [0.717, 1.165) is 12.8 Å². The molecule has 0 radical (unpaired) electrons. The molecular formula is C13H21N. The molecular weight excluding hydrogens is 170 g/mol. The maximum absolute atomic E-state index is 6.12. The number of benzene rings is 1. The third kappa shape index (κ3) is 1.83. The Labute approximate surface area is 87.3 Å². The summed E-state index contributed by atoms with van der Waals surface area (Å²) in [4.78, 5) is 0. The Hall–Kier alpha value is -0.820. The van der Waals surface area contributed by atoms with Crippen molar-refractivity contribution in [3.05, 3.63) is 35.9 Å². The van der Waals surface area contributed by atoms with Gasteiger partial charge in [-0.3, -0.25) is 0 Å². The van der Waals surface area contributed by atoms with E-state index in [4.69, 9.17) is 5.73 Å². The van der Waals surface area contributed by atoms with Crippen LogP contribution in [-0.4, -0.2) is 6.04 Å². The average molecular weight is 191 g/mol. The molecule has 0 amide bonds. The molecule has 0 aliphatic rings. The van der Waals surface area contributed by atoms with Crippen LogP contribution in [0.2, 0.25) is 0 Å². The van der Waals surface area contributed by atoms with E-state index in [1.165, 1.54) is 5.56 Å². The Balaban J connectivity index is 3.11. The lowest BCUT2D eigenvalue weighted by Gasteiger charge is -2.36. The summed E-state index contributed by atoms with van der Waals surface area (Å²) in [7, 11) is 0. The molecule has 0 bridgehead atoms. The Morgan fingerprint density at radius 3 is 2.00 bits per heavy atom. The highest BCUT2D eigenvalue weighted by Gasteiger charge is 2.31. The van der Waals surface area contributed by atoms with Crippen LogP contribution in [0.4, 0.5) is 0 Å². The van der Waals surface area contributed by atoms with E-state index >= 15 is 0 Å². The smallest absolute Gasteiger partial charge is 0.0108 e. The van der Waals surface area contributed by atoms with Gasteiger partial charge in [-0.1, -0.05) is 44.2 Å². The first-order valence-electron chi connectivity index (χ1n) is 5.48. The van der Waals surface area contributed by atoms with Crippen molar-refractivity contribution in [3.63, 3.8) is 0 Å². The van der Waals surface area contributed by atoms with E-state index < -0.39 is 0 Å². The van der Waals surface area contributed by atoms with Crippen LogP contribution >= 0.6 is 0 Å². The van der Waals surface area contributed by atoms with Crippen molar-refractivity contribution in [2.45, 2.75) is 45.1 Å². The summed E-state index contributed by atoms with van der Waals surface area (Å²) < 4.78 is 0. The van der Waals surface area contributed by atoms with Gasteiger partial charge in [-0.15, -0.1) is 0 Å². The standard InChI is InChI=1S/C13H21N/c1-4-13(5-2,11(3)14)12-9-7-6-8-10-12/h6-11H,4-5,14H2,1-3H3/t11-/m0/s1. The van der Waals surface area contributed by atoms with Gasteiger partial charge in [0.1, 0.15) is 0 Å². The van der Waals surface area contributed by atoms with Gasteiger partial charge in [0.25, 0.3) is 0 Å². The van der Waals surface area contributed by atoms with Gasteiger partial charge in [-0.05, 0) is 25.3 Å². The highest BCUT2D eigenvalue weighted by molar-refractivity contribution is 5.27. The van der Waals surface area contributed by atoms with Gasteiger partial charge in [0, 0.05) is 11.5 Å². The van der Waals surface area contributed by atoms with Gasteiger partial charge in [0.15, 0.2) is 0 Å². The van der Waals surface area contributed by atoms with Gasteiger partial charge in [0.2, 0.25) is 0 Å². The lowest BCUT2D eigenvalue weighted by Crippen LogP contribution is -2.42. The summed E-state index contributed by atoms with van der Waals surface area (Å²) in [6.07, 6.45) is 2.20. The van der Waals surface area contributed by atoms with Crippen LogP contribution in [0.1, 0.15) is 39.2 Å². The first kappa shape index (κ1) is 11.3. The molecule has 1 heteroatoms. The third-order valence-corrected chi connectivity index (χ3v) is 3.48. The number of hydrogen-bond donors (Lipinski definition) is 1. The molecule has 1 atom stereocenters. The van der Waals surface area contributed by atoms with E-state index in [-0.39, 0.29) is 11.5 Å². The van der Waals surface area contributed by atoms with E-state index in [1.807, 2.05) is 0 Å². The predicted molar refractivity (Wildman–Crippen MR) is 62.4 cm³/mol. The SMILES string of the molecule is CCC(CC)(c1ccccc1)[C@H](C)N. The first-order chi connectivity index (χ1) is 6.67. The number of rotatable bonds is 4. The number of nitrogens with two attached hydrogens (primary N) is 1. The van der Waals surface area contributed by atoms with Crippen molar-refractivity contribution in [2.24, 2.45) is 5.73 Å². The zero-order valence-electron chi connectivity index (χ0n) is 9.46. The predicted octanol–water partition coefficient (Wildman–Crippen LogP) is 3.09.